The fourth-order valence-corrected chi connectivity index (χ4v) is 2.15. The van der Waals surface area contributed by atoms with Crippen LogP contribution in [0, 0.1) is 10.1 Å². The van der Waals surface area contributed by atoms with Gasteiger partial charge in [-0.25, -0.2) is 4.98 Å². The van der Waals surface area contributed by atoms with E-state index >= 15 is 0 Å². The zero-order valence-corrected chi connectivity index (χ0v) is 12.3. The summed E-state index contributed by atoms with van der Waals surface area (Å²) in [6.45, 7) is 0. The van der Waals surface area contributed by atoms with Gasteiger partial charge in [0.1, 0.15) is 12.0 Å². The molecule has 0 bridgehead atoms. The second-order valence-electron chi connectivity index (χ2n) is 4.56. The molecule has 1 aromatic carbocycles. The highest BCUT2D eigenvalue weighted by Crippen LogP contribution is 2.38. The average molecular weight is 388 g/mol. The third kappa shape index (κ3) is 3.73. The van der Waals surface area contributed by atoms with E-state index < -0.39 is 50.5 Å². The molecular formula is C12H4ClF6N3O3. The molecule has 0 aliphatic rings. The monoisotopic (exact) mass is 387 g/mol. The van der Waals surface area contributed by atoms with Gasteiger partial charge >= 0.3 is 12.4 Å². The maximum absolute atomic E-state index is 12.7. The summed E-state index contributed by atoms with van der Waals surface area (Å²) in [7, 11) is 0. The van der Waals surface area contributed by atoms with Gasteiger partial charge in [0.2, 0.25) is 0 Å². The molecule has 6 nitrogen and oxygen atoms in total. The van der Waals surface area contributed by atoms with Crippen LogP contribution in [0.15, 0.2) is 29.3 Å². The molecule has 0 atom stereocenters. The molecule has 0 radical (unpaired) electrons. The van der Waals surface area contributed by atoms with Gasteiger partial charge in [0.25, 0.3) is 11.2 Å². The summed E-state index contributed by atoms with van der Waals surface area (Å²) in [4.78, 5) is 24.5. The van der Waals surface area contributed by atoms with Crippen LogP contribution in [0.5, 0.6) is 0 Å². The highest BCUT2D eigenvalue weighted by Gasteiger charge is 2.36. The maximum Gasteiger partial charge on any atom is 0.433 e. The lowest BCUT2D eigenvalue weighted by Crippen LogP contribution is -2.23. The molecule has 0 saturated heterocycles. The smallest absolute Gasteiger partial charge is 0.269 e. The molecule has 1 aromatic heterocycles. The fraction of sp³-hybridized carbons (Fsp3) is 0.167. The summed E-state index contributed by atoms with van der Waals surface area (Å²) < 4.78 is 75.9. The Bertz CT molecular complexity index is 906. The van der Waals surface area contributed by atoms with Crippen molar-refractivity contribution in [2.45, 2.75) is 12.4 Å². The summed E-state index contributed by atoms with van der Waals surface area (Å²) in [5, 5.41) is 10.2. The molecule has 0 saturated carbocycles. The number of hydrogen-bond donors (Lipinski definition) is 0. The van der Waals surface area contributed by atoms with Gasteiger partial charge in [0.05, 0.1) is 15.5 Å². The number of halogens is 7. The Morgan fingerprint density at radius 3 is 2.12 bits per heavy atom. The Hall–Kier alpha value is -2.63. The van der Waals surface area contributed by atoms with E-state index in [0.717, 1.165) is 0 Å². The van der Waals surface area contributed by atoms with E-state index in [9.17, 15) is 41.3 Å². The van der Waals surface area contributed by atoms with Gasteiger partial charge in [0, 0.05) is 12.1 Å². The van der Waals surface area contributed by atoms with Crippen LogP contribution in [0.2, 0.25) is 5.02 Å². The quantitative estimate of drug-likeness (QED) is 0.446. The summed E-state index contributed by atoms with van der Waals surface area (Å²) >= 11 is 5.61. The van der Waals surface area contributed by atoms with Crippen LogP contribution >= 0.6 is 11.6 Å². The van der Waals surface area contributed by atoms with Crippen LogP contribution in [0.3, 0.4) is 0 Å². The number of alkyl halides is 6. The zero-order valence-electron chi connectivity index (χ0n) is 11.5. The van der Waals surface area contributed by atoms with E-state index in [-0.39, 0.29) is 16.7 Å². The molecule has 0 aliphatic heterocycles. The van der Waals surface area contributed by atoms with E-state index in [2.05, 4.69) is 4.98 Å². The zero-order chi connectivity index (χ0) is 19.2. The molecule has 0 spiro atoms. The first-order valence-electron chi connectivity index (χ1n) is 6.04. The minimum absolute atomic E-state index is 0.0394. The number of nitro benzene ring substituents is 1. The van der Waals surface area contributed by atoms with E-state index in [1.165, 1.54) is 0 Å². The van der Waals surface area contributed by atoms with Gasteiger partial charge in [-0.3, -0.25) is 19.5 Å². The van der Waals surface area contributed by atoms with E-state index in [1.54, 1.807) is 0 Å². The normalized spacial score (nSPS) is 12.3. The van der Waals surface area contributed by atoms with Crippen molar-refractivity contribution in [1.82, 2.24) is 9.55 Å². The molecule has 0 unspecified atom stereocenters. The van der Waals surface area contributed by atoms with Crippen molar-refractivity contribution in [3.05, 3.63) is 61.3 Å². The van der Waals surface area contributed by atoms with Crippen molar-refractivity contribution < 1.29 is 31.3 Å². The van der Waals surface area contributed by atoms with Gasteiger partial charge in [-0.2, -0.15) is 26.3 Å². The third-order valence-electron chi connectivity index (χ3n) is 2.91. The van der Waals surface area contributed by atoms with Crippen LogP contribution in [0.25, 0.3) is 5.69 Å². The van der Waals surface area contributed by atoms with Crippen LogP contribution in [-0.4, -0.2) is 14.5 Å². The highest BCUT2D eigenvalue weighted by atomic mass is 35.5. The second kappa shape index (κ2) is 6.02. The van der Waals surface area contributed by atoms with Crippen LogP contribution in [0.1, 0.15) is 11.3 Å². The number of aromatic nitrogens is 2. The van der Waals surface area contributed by atoms with Crippen LogP contribution in [0.4, 0.5) is 32.0 Å². The van der Waals surface area contributed by atoms with Crippen LogP contribution < -0.4 is 5.56 Å². The van der Waals surface area contributed by atoms with Crippen molar-refractivity contribution in [2.24, 2.45) is 0 Å². The van der Waals surface area contributed by atoms with Gasteiger partial charge in [-0.1, -0.05) is 11.6 Å². The SMILES string of the molecule is O=c1cc(C(F)(F)F)ncn1-c1c(Cl)cc(C(F)(F)F)cc1[N+](=O)[O-]. The van der Waals surface area contributed by atoms with E-state index in [0.29, 0.717) is 12.4 Å². The highest BCUT2D eigenvalue weighted by molar-refractivity contribution is 6.33. The fourth-order valence-electron chi connectivity index (χ4n) is 1.85. The van der Waals surface area contributed by atoms with Crippen molar-refractivity contribution in [3.8, 4) is 5.69 Å². The minimum Gasteiger partial charge on any atom is -0.269 e. The predicted molar refractivity (Wildman–Crippen MR) is 71.5 cm³/mol. The summed E-state index contributed by atoms with van der Waals surface area (Å²) in [5.41, 5.74) is -6.48. The lowest BCUT2D eigenvalue weighted by Gasteiger charge is -2.13. The standard InChI is InChI=1S/C12H4ClF6N3O3/c13-6-1-5(11(14,15)16)2-7(22(24)25)10(6)21-4-20-8(3-9(21)23)12(17,18)19/h1-4H. The molecular weight excluding hydrogens is 384 g/mol. The Labute approximate surface area is 138 Å². The molecule has 0 aliphatic carbocycles. The predicted octanol–water partition coefficient (Wildman–Crippen LogP) is 3.83. The summed E-state index contributed by atoms with van der Waals surface area (Å²) in [6.07, 6.45) is -9.61. The molecule has 25 heavy (non-hydrogen) atoms. The lowest BCUT2D eigenvalue weighted by molar-refractivity contribution is -0.384. The number of hydrogen-bond acceptors (Lipinski definition) is 4. The van der Waals surface area contributed by atoms with E-state index in [1.807, 2.05) is 0 Å². The van der Waals surface area contributed by atoms with Gasteiger partial charge in [-0.15, -0.1) is 0 Å². The number of benzene rings is 1. The Morgan fingerprint density at radius 1 is 1.08 bits per heavy atom. The maximum atomic E-state index is 12.7. The molecule has 0 amide bonds. The van der Waals surface area contributed by atoms with Gasteiger partial charge < -0.3 is 0 Å². The first-order valence-corrected chi connectivity index (χ1v) is 6.41. The van der Waals surface area contributed by atoms with Gasteiger partial charge in [-0.05, 0) is 6.07 Å². The number of rotatable bonds is 2. The third-order valence-corrected chi connectivity index (χ3v) is 3.20. The topological polar surface area (TPSA) is 78.0 Å². The molecule has 2 rings (SSSR count). The Kier molecular flexibility index (Phi) is 4.51. The van der Waals surface area contributed by atoms with Crippen molar-refractivity contribution in [3.63, 3.8) is 0 Å². The summed E-state index contributed by atoms with van der Waals surface area (Å²) in [5.74, 6) is 0. The largest absolute Gasteiger partial charge is 0.433 e. The number of nitrogens with zero attached hydrogens (tertiary/aromatic N) is 3. The molecule has 13 heteroatoms. The Morgan fingerprint density at radius 2 is 1.68 bits per heavy atom. The van der Waals surface area contributed by atoms with Crippen molar-refractivity contribution in [1.29, 1.82) is 0 Å². The first kappa shape index (κ1) is 18.7. The molecule has 1 heterocycles. The minimum atomic E-state index is -4.96. The Balaban J connectivity index is 2.76. The lowest BCUT2D eigenvalue weighted by atomic mass is 10.1. The van der Waals surface area contributed by atoms with Crippen LogP contribution in [-0.2, 0) is 12.4 Å². The molecule has 134 valence electrons. The summed E-state index contributed by atoms with van der Waals surface area (Å²) in [6, 6.07) is 0.469. The van der Waals surface area contributed by atoms with Gasteiger partial charge in [0.15, 0.2) is 5.69 Å². The first-order chi connectivity index (χ1) is 11.3. The molecule has 0 fully saturated rings. The molecule has 2 aromatic rings. The number of nitro groups is 1. The van der Waals surface area contributed by atoms with Crippen molar-refractivity contribution in [2.75, 3.05) is 0 Å². The second-order valence-corrected chi connectivity index (χ2v) is 4.97. The average Bonchev–Trinajstić information content (AvgIpc) is 2.44. The molecule has 0 N–H and O–H groups in total. The van der Waals surface area contributed by atoms with Crippen molar-refractivity contribution >= 4 is 17.3 Å². The van der Waals surface area contributed by atoms with E-state index in [4.69, 9.17) is 11.6 Å².